The first kappa shape index (κ1) is 14.4. The van der Waals surface area contributed by atoms with Gasteiger partial charge in [-0.25, -0.2) is 8.78 Å². The van der Waals surface area contributed by atoms with E-state index in [9.17, 15) is 8.78 Å². The lowest BCUT2D eigenvalue weighted by Gasteiger charge is -2.06. The van der Waals surface area contributed by atoms with Crippen LogP contribution in [0.2, 0.25) is 0 Å². The van der Waals surface area contributed by atoms with Crippen molar-refractivity contribution in [1.29, 1.82) is 0 Å². The fourth-order valence-corrected chi connectivity index (χ4v) is 2.79. The standard InChI is InChI=1S/C11H11BrF2N4S/c1-18-9(4-15)16-17-11(18)19-5-6-8(13)3-2-7(12)10(6)14/h2-3H,4-5,15H2,1H3. The summed E-state index contributed by atoms with van der Waals surface area (Å²) in [5.41, 5.74) is 5.49. The van der Waals surface area contributed by atoms with Gasteiger partial charge in [-0.15, -0.1) is 10.2 Å². The summed E-state index contributed by atoms with van der Waals surface area (Å²) in [6.45, 7) is 0.268. The number of nitrogens with two attached hydrogens (primary N) is 1. The average molecular weight is 349 g/mol. The lowest BCUT2D eigenvalue weighted by molar-refractivity contribution is 0.562. The van der Waals surface area contributed by atoms with Gasteiger partial charge in [0, 0.05) is 18.4 Å². The second kappa shape index (κ2) is 5.98. The number of benzene rings is 1. The number of hydrogen-bond acceptors (Lipinski definition) is 4. The van der Waals surface area contributed by atoms with Crippen LogP contribution in [0.3, 0.4) is 0 Å². The zero-order chi connectivity index (χ0) is 14.0. The number of aromatic nitrogens is 3. The Balaban J connectivity index is 2.19. The minimum Gasteiger partial charge on any atom is -0.324 e. The van der Waals surface area contributed by atoms with Crippen LogP contribution in [0.25, 0.3) is 0 Å². The molecule has 1 heterocycles. The third kappa shape index (κ3) is 2.96. The highest BCUT2D eigenvalue weighted by atomic mass is 79.9. The minimum absolute atomic E-state index is 0.0108. The van der Waals surface area contributed by atoms with Crippen molar-refractivity contribution in [3.63, 3.8) is 0 Å². The van der Waals surface area contributed by atoms with E-state index in [1.54, 1.807) is 11.6 Å². The summed E-state index contributed by atoms with van der Waals surface area (Å²) in [4.78, 5) is 0. The molecule has 2 aromatic rings. The van der Waals surface area contributed by atoms with E-state index in [1.807, 2.05) is 0 Å². The van der Waals surface area contributed by atoms with Gasteiger partial charge in [0.25, 0.3) is 0 Å². The van der Waals surface area contributed by atoms with Gasteiger partial charge in [0.05, 0.1) is 11.0 Å². The Morgan fingerprint density at radius 2 is 2.11 bits per heavy atom. The van der Waals surface area contributed by atoms with Crippen molar-refractivity contribution < 1.29 is 8.78 Å². The summed E-state index contributed by atoms with van der Waals surface area (Å²) >= 11 is 4.24. The van der Waals surface area contributed by atoms with Gasteiger partial charge in [0.1, 0.15) is 17.5 Å². The molecule has 1 aromatic carbocycles. The molecule has 0 saturated heterocycles. The van der Waals surface area contributed by atoms with Gasteiger partial charge >= 0.3 is 0 Å². The maximum Gasteiger partial charge on any atom is 0.191 e. The van der Waals surface area contributed by atoms with Gasteiger partial charge < -0.3 is 10.3 Å². The van der Waals surface area contributed by atoms with Gasteiger partial charge in [-0.05, 0) is 28.1 Å². The molecule has 19 heavy (non-hydrogen) atoms. The van der Waals surface area contributed by atoms with Crippen molar-refractivity contribution >= 4 is 27.7 Å². The summed E-state index contributed by atoms with van der Waals surface area (Å²) < 4.78 is 29.3. The Bertz CT molecular complexity index is 603. The second-order valence-corrected chi connectivity index (χ2v) is 5.57. The molecule has 0 aliphatic rings. The highest BCUT2D eigenvalue weighted by Crippen LogP contribution is 2.28. The molecule has 0 saturated carbocycles. The minimum atomic E-state index is -0.589. The van der Waals surface area contributed by atoms with E-state index in [0.29, 0.717) is 11.0 Å². The lowest BCUT2D eigenvalue weighted by atomic mass is 10.2. The Morgan fingerprint density at radius 3 is 2.74 bits per heavy atom. The van der Waals surface area contributed by atoms with E-state index in [2.05, 4.69) is 26.1 Å². The molecule has 2 N–H and O–H groups in total. The molecule has 102 valence electrons. The third-order valence-corrected chi connectivity index (χ3v) is 4.25. The molecule has 0 aliphatic heterocycles. The zero-order valence-corrected chi connectivity index (χ0v) is 12.4. The van der Waals surface area contributed by atoms with Crippen molar-refractivity contribution in [3.05, 3.63) is 39.6 Å². The quantitative estimate of drug-likeness (QED) is 0.681. The average Bonchev–Trinajstić information content (AvgIpc) is 2.75. The first-order valence-corrected chi connectivity index (χ1v) is 7.16. The molecule has 2 rings (SSSR count). The molecule has 0 radical (unpaired) electrons. The van der Waals surface area contributed by atoms with Crippen molar-refractivity contribution in [1.82, 2.24) is 14.8 Å². The molecule has 0 atom stereocenters. The van der Waals surface area contributed by atoms with Crippen LogP contribution in [-0.4, -0.2) is 14.8 Å². The molecular formula is C11H11BrF2N4S. The number of nitrogens with zero attached hydrogens (tertiary/aromatic N) is 3. The fourth-order valence-electron chi connectivity index (χ4n) is 1.49. The molecule has 0 amide bonds. The van der Waals surface area contributed by atoms with Crippen LogP contribution in [0.4, 0.5) is 8.78 Å². The smallest absolute Gasteiger partial charge is 0.191 e. The number of halogens is 3. The first-order valence-electron chi connectivity index (χ1n) is 5.38. The molecule has 1 aromatic heterocycles. The predicted molar refractivity (Wildman–Crippen MR) is 72.5 cm³/mol. The van der Waals surface area contributed by atoms with Crippen LogP contribution in [-0.2, 0) is 19.3 Å². The SMILES string of the molecule is Cn1c(CN)nnc1SCc1c(F)ccc(Br)c1F. The van der Waals surface area contributed by atoms with Crippen LogP contribution in [0.15, 0.2) is 21.8 Å². The highest BCUT2D eigenvalue weighted by Gasteiger charge is 2.15. The molecule has 0 spiro atoms. The van der Waals surface area contributed by atoms with E-state index in [-0.39, 0.29) is 22.3 Å². The van der Waals surface area contributed by atoms with Gasteiger partial charge in [0.2, 0.25) is 0 Å². The van der Waals surface area contributed by atoms with Gasteiger partial charge in [-0.3, -0.25) is 0 Å². The van der Waals surface area contributed by atoms with Gasteiger partial charge in [-0.2, -0.15) is 0 Å². The van der Waals surface area contributed by atoms with Gasteiger partial charge in [-0.1, -0.05) is 11.8 Å². The Kier molecular flexibility index (Phi) is 4.54. The zero-order valence-electron chi connectivity index (χ0n) is 10.0. The van der Waals surface area contributed by atoms with Gasteiger partial charge in [0.15, 0.2) is 5.16 Å². The van der Waals surface area contributed by atoms with E-state index in [1.165, 1.54) is 23.9 Å². The monoisotopic (exact) mass is 348 g/mol. The van der Waals surface area contributed by atoms with E-state index < -0.39 is 11.6 Å². The van der Waals surface area contributed by atoms with Crippen LogP contribution in [0, 0.1) is 11.6 Å². The van der Waals surface area contributed by atoms with Crippen LogP contribution in [0.1, 0.15) is 11.4 Å². The predicted octanol–water partition coefficient (Wildman–Crippen LogP) is 2.61. The largest absolute Gasteiger partial charge is 0.324 e. The summed E-state index contributed by atoms with van der Waals surface area (Å²) in [6.07, 6.45) is 0. The van der Waals surface area contributed by atoms with E-state index in [4.69, 9.17) is 5.73 Å². The number of rotatable bonds is 4. The fraction of sp³-hybridized carbons (Fsp3) is 0.273. The summed E-state index contributed by atoms with van der Waals surface area (Å²) in [5, 5.41) is 8.37. The normalized spacial score (nSPS) is 11.0. The molecule has 0 bridgehead atoms. The second-order valence-electron chi connectivity index (χ2n) is 3.77. The molecule has 0 aliphatic carbocycles. The van der Waals surface area contributed by atoms with E-state index >= 15 is 0 Å². The van der Waals surface area contributed by atoms with E-state index in [0.717, 1.165) is 0 Å². The Hall–Kier alpha value is -0.990. The molecular weight excluding hydrogens is 338 g/mol. The van der Waals surface area contributed by atoms with Crippen LogP contribution in [0.5, 0.6) is 0 Å². The topological polar surface area (TPSA) is 56.7 Å². The maximum absolute atomic E-state index is 13.8. The first-order chi connectivity index (χ1) is 9.04. The van der Waals surface area contributed by atoms with Crippen LogP contribution >= 0.6 is 27.7 Å². The lowest BCUT2D eigenvalue weighted by Crippen LogP contribution is -2.05. The molecule has 4 nitrogen and oxygen atoms in total. The van der Waals surface area contributed by atoms with Crippen LogP contribution < -0.4 is 5.73 Å². The van der Waals surface area contributed by atoms with Crippen molar-refractivity contribution in [2.45, 2.75) is 17.5 Å². The summed E-state index contributed by atoms with van der Waals surface area (Å²) in [7, 11) is 1.76. The Morgan fingerprint density at radius 1 is 1.37 bits per heavy atom. The molecule has 0 unspecified atom stereocenters. The summed E-state index contributed by atoms with van der Waals surface area (Å²) in [6, 6.07) is 2.57. The molecule has 8 heteroatoms. The number of thioether (sulfide) groups is 1. The highest BCUT2D eigenvalue weighted by molar-refractivity contribution is 9.10. The number of hydrogen-bond donors (Lipinski definition) is 1. The summed E-state index contributed by atoms with van der Waals surface area (Å²) in [5.74, 6) is -0.408. The third-order valence-electron chi connectivity index (χ3n) is 2.59. The maximum atomic E-state index is 13.8. The van der Waals surface area contributed by atoms with Crippen molar-refractivity contribution in [2.24, 2.45) is 12.8 Å². The van der Waals surface area contributed by atoms with Crippen molar-refractivity contribution in [3.8, 4) is 0 Å². The molecule has 0 fully saturated rings. The Labute approximate surface area is 121 Å². The van der Waals surface area contributed by atoms with Crippen molar-refractivity contribution in [2.75, 3.05) is 0 Å².